The highest BCUT2D eigenvalue weighted by Crippen LogP contribution is 2.30. The second-order valence-electron chi connectivity index (χ2n) is 8.20. The first-order chi connectivity index (χ1) is 15.3. The molecule has 0 spiro atoms. The predicted molar refractivity (Wildman–Crippen MR) is 114 cm³/mol. The molecule has 0 saturated carbocycles. The van der Waals surface area contributed by atoms with E-state index >= 15 is 0 Å². The normalized spacial score (nSPS) is 17.7. The molecule has 0 radical (unpaired) electrons. The van der Waals surface area contributed by atoms with Crippen LogP contribution in [0.5, 0.6) is 0 Å². The number of benzene rings is 2. The summed E-state index contributed by atoms with van der Waals surface area (Å²) in [5.74, 6) is -3.18. The number of aliphatic hydroxyl groups is 1. The number of aliphatic hydroxyl groups excluding tert-OH is 1. The fourth-order valence-corrected chi connectivity index (χ4v) is 4.20. The molecule has 2 aromatic rings. The summed E-state index contributed by atoms with van der Waals surface area (Å²) in [4.78, 5) is 11.6. The Morgan fingerprint density at radius 1 is 1.12 bits per heavy atom. The van der Waals surface area contributed by atoms with E-state index in [-0.39, 0.29) is 24.6 Å². The number of hydrogen-bond donors (Lipinski definition) is 3. The lowest BCUT2D eigenvalue weighted by molar-refractivity contribution is -0.133. The zero-order valence-electron chi connectivity index (χ0n) is 17.9. The molecule has 1 amide bonds. The maximum Gasteiger partial charge on any atom is 0.315 e. The lowest BCUT2D eigenvalue weighted by Crippen LogP contribution is -2.50. The zero-order valence-corrected chi connectivity index (χ0v) is 17.9. The van der Waals surface area contributed by atoms with Crippen LogP contribution in [0.4, 0.5) is 17.6 Å². The van der Waals surface area contributed by atoms with E-state index in [4.69, 9.17) is 0 Å². The Hall–Kier alpha value is -2.45. The Labute approximate surface area is 185 Å². The van der Waals surface area contributed by atoms with Crippen LogP contribution in [0.3, 0.4) is 0 Å². The summed E-state index contributed by atoms with van der Waals surface area (Å²) in [6.07, 6.45) is -1.01. The molecule has 0 heterocycles. The minimum Gasteiger partial charge on any atom is -0.390 e. The summed E-state index contributed by atoms with van der Waals surface area (Å²) in [6, 6.07) is 7.99. The van der Waals surface area contributed by atoms with E-state index < -0.39 is 36.1 Å². The predicted octanol–water partition coefficient (Wildman–Crippen LogP) is 3.85. The van der Waals surface area contributed by atoms with Crippen molar-refractivity contribution in [2.45, 2.75) is 63.6 Å². The van der Waals surface area contributed by atoms with Gasteiger partial charge in [0.2, 0.25) is 0 Å². The molecule has 0 fully saturated rings. The van der Waals surface area contributed by atoms with Crippen molar-refractivity contribution in [3.63, 3.8) is 0 Å². The van der Waals surface area contributed by atoms with Crippen molar-refractivity contribution in [1.82, 2.24) is 10.6 Å². The van der Waals surface area contributed by atoms with Crippen LogP contribution in [0.15, 0.2) is 36.4 Å². The lowest BCUT2D eigenvalue weighted by Gasteiger charge is -2.30. The van der Waals surface area contributed by atoms with Crippen LogP contribution in [0.25, 0.3) is 0 Å². The molecule has 0 aliphatic heterocycles. The molecule has 4 nitrogen and oxygen atoms in total. The second-order valence-corrected chi connectivity index (χ2v) is 8.20. The van der Waals surface area contributed by atoms with E-state index in [1.54, 1.807) is 0 Å². The number of hydrogen-bond acceptors (Lipinski definition) is 3. The highest BCUT2D eigenvalue weighted by molar-refractivity contribution is 5.79. The summed E-state index contributed by atoms with van der Waals surface area (Å²) in [5.41, 5.74) is 3.74. The van der Waals surface area contributed by atoms with E-state index in [2.05, 4.69) is 35.8 Å². The van der Waals surface area contributed by atoms with E-state index in [1.165, 1.54) is 11.1 Å². The van der Waals surface area contributed by atoms with E-state index in [1.807, 2.05) is 0 Å². The maximum absolute atomic E-state index is 13.5. The quantitative estimate of drug-likeness (QED) is 0.507. The average Bonchev–Trinajstić information content (AvgIpc) is 2.75. The molecule has 1 aliphatic carbocycles. The molecule has 2 unspecified atom stereocenters. The summed E-state index contributed by atoms with van der Waals surface area (Å²) in [7, 11) is 0. The molecule has 0 saturated heterocycles. The average molecular weight is 452 g/mol. The van der Waals surface area contributed by atoms with Gasteiger partial charge in [0.1, 0.15) is 11.6 Å². The van der Waals surface area contributed by atoms with Crippen molar-refractivity contribution in [2.75, 3.05) is 6.54 Å². The highest BCUT2D eigenvalue weighted by atomic mass is 19.3. The summed E-state index contributed by atoms with van der Waals surface area (Å²) in [6.45, 7) is 2.09. The van der Waals surface area contributed by atoms with Gasteiger partial charge in [0.15, 0.2) is 0 Å². The molecule has 32 heavy (non-hydrogen) atoms. The molecule has 2 aromatic carbocycles. The number of alkyl halides is 2. The molecule has 3 rings (SSSR count). The summed E-state index contributed by atoms with van der Waals surface area (Å²) >= 11 is 0. The third-order valence-electron chi connectivity index (χ3n) is 5.87. The fourth-order valence-electron chi connectivity index (χ4n) is 4.20. The Kier molecular flexibility index (Phi) is 8.26. The van der Waals surface area contributed by atoms with Crippen LogP contribution >= 0.6 is 0 Å². The van der Waals surface area contributed by atoms with Crippen LogP contribution in [-0.4, -0.2) is 36.1 Å². The smallest absolute Gasteiger partial charge is 0.315 e. The number of rotatable bonds is 9. The number of nitrogens with one attached hydrogen (secondary N) is 2. The molecule has 174 valence electrons. The number of aryl methyl sites for hydroxylation is 2. The lowest BCUT2D eigenvalue weighted by atomic mass is 9.86. The van der Waals surface area contributed by atoms with Gasteiger partial charge in [-0.05, 0) is 66.5 Å². The van der Waals surface area contributed by atoms with Gasteiger partial charge in [0.05, 0.1) is 12.1 Å². The summed E-state index contributed by atoms with van der Waals surface area (Å²) in [5, 5.41) is 16.1. The minimum atomic E-state index is -3.26. The molecule has 1 aliphatic rings. The van der Waals surface area contributed by atoms with Gasteiger partial charge >= 0.3 is 6.43 Å². The van der Waals surface area contributed by atoms with Crippen LogP contribution < -0.4 is 10.6 Å². The highest BCUT2D eigenvalue weighted by Gasteiger charge is 2.28. The van der Waals surface area contributed by atoms with Crippen molar-refractivity contribution in [3.05, 3.63) is 70.3 Å². The number of carbonyl (C=O) groups excluding carboxylic acids is 1. The van der Waals surface area contributed by atoms with Crippen LogP contribution in [-0.2, 0) is 24.1 Å². The SMILES string of the molecule is CCc1ccc2c(c1)[C@@H](NCC(O)C(Cc1cc(F)cc(F)c1)NC(=O)C(F)F)CCC2. The fraction of sp³-hybridized carbons (Fsp3) is 0.458. The van der Waals surface area contributed by atoms with Crippen molar-refractivity contribution in [3.8, 4) is 0 Å². The monoisotopic (exact) mass is 452 g/mol. The molecule has 8 heteroatoms. The first-order valence-corrected chi connectivity index (χ1v) is 10.8. The van der Waals surface area contributed by atoms with Gasteiger partial charge in [-0.3, -0.25) is 4.79 Å². The van der Waals surface area contributed by atoms with Gasteiger partial charge in [-0.15, -0.1) is 0 Å². The van der Waals surface area contributed by atoms with Crippen molar-refractivity contribution in [1.29, 1.82) is 0 Å². The Morgan fingerprint density at radius 2 is 1.84 bits per heavy atom. The van der Waals surface area contributed by atoms with Crippen molar-refractivity contribution < 1.29 is 27.5 Å². The molecule has 0 bridgehead atoms. The van der Waals surface area contributed by atoms with Gasteiger partial charge in [-0.1, -0.05) is 25.1 Å². The largest absolute Gasteiger partial charge is 0.390 e. The van der Waals surface area contributed by atoms with Gasteiger partial charge in [-0.25, -0.2) is 8.78 Å². The zero-order chi connectivity index (χ0) is 23.3. The number of fused-ring (bicyclic) bond motifs is 1. The molecule has 3 N–H and O–H groups in total. The van der Waals surface area contributed by atoms with Gasteiger partial charge in [-0.2, -0.15) is 8.78 Å². The maximum atomic E-state index is 13.5. The third-order valence-corrected chi connectivity index (χ3v) is 5.87. The Morgan fingerprint density at radius 3 is 2.50 bits per heavy atom. The second kappa shape index (κ2) is 10.9. The number of halogens is 4. The van der Waals surface area contributed by atoms with Crippen LogP contribution in [0, 0.1) is 11.6 Å². The number of carbonyl (C=O) groups is 1. The van der Waals surface area contributed by atoms with E-state index in [9.17, 15) is 27.5 Å². The topological polar surface area (TPSA) is 61.4 Å². The molecular weight excluding hydrogens is 424 g/mol. The van der Waals surface area contributed by atoms with E-state index in [0.29, 0.717) is 6.07 Å². The Balaban J connectivity index is 1.72. The minimum absolute atomic E-state index is 0.0158. The number of amides is 1. The molecule has 0 aromatic heterocycles. The first kappa shape index (κ1) is 24.2. The van der Waals surface area contributed by atoms with E-state index in [0.717, 1.165) is 43.4 Å². The Bertz CT molecular complexity index is 918. The summed E-state index contributed by atoms with van der Waals surface area (Å²) < 4.78 is 52.7. The van der Waals surface area contributed by atoms with Crippen molar-refractivity contribution in [2.24, 2.45) is 0 Å². The standard InChI is InChI=1S/C24H28F4N2O2/c1-2-14-6-7-16-4-3-5-20(19(16)10-14)29-13-22(31)21(30-24(32)23(27)28)11-15-8-17(25)12-18(26)9-15/h6-10,12,20-23,29,31H,2-5,11,13H2,1H3,(H,30,32)/t20-,21?,22?/m0/s1. The molecular formula is C24H28F4N2O2. The van der Waals surface area contributed by atoms with Crippen LogP contribution in [0.1, 0.15) is 48.1 Å². The van der Waals surface area contributed by atoms with Crippen LogP contribution in [0.2, 0.25) is 0 Å². The molecule has 3 atom stereocenters. The van der Waals surface area contributed by atoms with Gasteiger partial charge < -0.3 is 15.7 Å². The van der Waals surface area contributed by atoms with Gasteiger partial charge in [0, 0.05) is 18.7 Å². The first-order valence-electron chi connectivity index (χ1n) is 10.8. The third kappa shape index (κ3) is 6.29. The van der Waals surface area contributed by atoms with Gasteiger partial charge in [0.25, 0.3) is 5.91 Å². The van der Waals surface area contributed by atoms with Crippen molar-refractivity contribution >= 4 is 5.91 Å².